The fourth-order valence-electron chi connectivity index (χ4n) is 1.07. The van der Waals surface area contributed by atoms with Crippen LogP contribution in [0.3, 0.4) is 0 Å². The Morgan fingerprint density at radius 1 is 1.13 bits per heavy atom. The summed E-state index contributed by atoms with van der Waals surface area (Å²) in [6.07, 6.45) is 3.63. The predicted molar refractivity (Wildman–Crippen MR) is 57.8 cm³/mol. The molecule has 0 aromatic heterocycles. The molecular weight excluding hydrogens is 192 g/mol. The third kappa shape index (κ3) is 3.64. The molecule has 0 heterocycles. The van der Waals surface area contributed by atoms with Gasteiger partial charge < -0.3 is 11.5 Å². The average molecular weight is 204 g/mol. The molecule has 0 fully saturated rings. The summed E-state index contributed by atoms with van der Waals surface area (Å²) in [7, 11) is 0. The standard InChI is InChI=1S/C11H12N2O2/c12-10(14)3-1-2-8-4-6-9(7-5-8)11(13)15/h1-2,4-7H,3H2,(H2,12,14)(H2,13,15). The molecule has 0 spiro atoms. The second-order valence-electron chi connectivity index (χ2n) is 3.06. The van der Waals surface area contributed by atoms with Crippen molar-refractivity contribution in [2.75, 3.05) is 0 Å². The Hall–Kier alpha value is -2.10. The summed E-state index contributed by atoms with van der Waals surface area (Å²) < 4.78 is 0. The van der Waals surface area contributed by atoms with E-state index in [9.17, 15) is 9.59 Å². The first-order valence-corrected chi connectivity index (χ1v) is 4.44. The molecule has 15 heavy (non-hydrogen) atoms. The first-order valence-electron chi connectivity index (χ1n) is 4.44. The van der Waals surface area contributed by atoms with Crippen molar-refractivity contribution >= 4 is 17.9 Å². The van der Waals surface area contributed by atoms with Gasteiger partial charge in [0.15, 0.2) is 0 Å². The van der Waals surface area contributed by atoms with E-state index in [1.54, 1.807) is 36.4 Å². The Bertz CT molecular complexity index is 394. The van der Waals surface area contributed by atoms with E-state index in [4.69, 9.17) is 11.5 Å². The van der Waals surface area contributed by atoms with Gasteiger partial charge in [0.25, 0.3) is 0 Å². The van der Waals surface area contributed by atoms with Gasteiger partial charge in [-0.15, -0.1) is 0 Å². The van der Waals surface area contributed by atoms with Gasteiger partial charge in [-0.1, -0.05) is 24.3 Å². The second-order valence-corrected chi connectivity index (χ2v) is 3.06. The van der Waals surface area contributed by atoms with Gasteiger partial charge in [0.1, 0.15) is 0 Å². The third-order valence-corrected chi connectivity index (χ3v) is 1.82. The Balaban J connectivity index is 2.68. The first kappa shape index (κ1) is 11.0. The highest BCUT2D eigenvalue weighted by molar-refractivity contribution is 5.92. The molecule has 0 aliphatic carbocycles. The number of benzene rings is 1. The Morgan fingerprint density at radius 2 is 1.73 bits per heavy atom. The number of nitrogens with two attached hydrogens (primary N) is 2. The lowest BCUT2D eigenvalue weighted by Gasteiger charge is -1.96. The average Bonchev–Trinajstić information content (AvgIpc) is 2.18. The van der Waals surface area contributed by atoms with Crippen LogP contribution in [0.4, 0.5) is 0 Å². The van der Waals surface area contributed by atoms with E-state index in [0.29, 0.717) is 5.56 Å². The Morgan fingerprint density at radius 3 is 2.20 bits per heavy atom. The van der Waals surface area contributed by atoms with Crippen molar-refractivity contribution < 1.29 is 9.59 Å². The topological polar surface area (TPSA) is 86.2 Å². The summed E-state index contributed by atoms with van der Waals surface area (Å²) in [6, 6.07) is 6.76. The van der Waals surface area contributed by atoms with E-state index in [0.717, 1.165) is 5.56 Å². The maximum atomic E-state index is 10.8. The monoisotopic (exact) mass is 204 g/mol. The summed E-state index contributed by atoms with van der Waals surface area (Å²) in [4.78, 5) is 21.2. The molecule has 0 saturated heterocycles. The minimum absolute atomic E-state index is 0.206. The van der Waals surface area contributed by atoms with Crippen molar-refractivity contribution in [1.29, 1.82) is 0 Å². The van der Waals surface area contributed by atoms with Crippen LogP contribution in [0.2, 0.25) is 0 Å². The molecule has 1 aromatic carbocycles. The molecular formula is C11H12N2O2. The SMILES string of the molecule is NC(=O)CC=Cc1ccc(C(N)=O)cc1. The third-order valence-electron chi connectivity index (χ3n) is 1.82. The normalized spacial score (nSPS) is 10.4. The number of rotatable bonds is 4. The quantitative estimate of drug-likeness (QED) is 0.755. The van der Waals surface area contributed by atoms with Crippen LogP contribution in [0.15, 0.2) is 30.3 Å². The highest BCUT2D eigenvalue weighted by Crippen LogP contribution is 2.05. The Kier molecular flexibility index (Phi) is 3.62. The number of hydrogen-bond donors (Lipinski definition) is 2. The van der Waals surface area contributed by atoms with Crippen molar-refractivity contribution in [3.05, 3.63) is 41.5 Å². The first-order chi connectivity index (χ1) is 7.09. The number of hydrogen-bond acceptors (Lipinski definition) is 2. The van der Waals surface area contributed by atoms with Gasteiger partial charge in [-0.25, -0.2) is 0 Å². The van der Waals surface area contributed by atoms with Crippen LogP contribution in [0.25, 0.3) is 6.08 Å². The van der Waals surface area contributed by atoms with E-state index in [2.05, 4.69) is 0 Å². The smallest absolute Gasteiger partial charge is 0.248 e. The number of carbonyl (C=O) groups is 2. The zero-order valence-electron chi connectivity index (χ0n) is 8.14. The van der Waals surface area contributed by atoms with Gasteiger partial charge in [0.2, 0.25) is 11.8 Å². The molecule has 0 bridgehead atoms. The maximum Gasteiger partial charge on any atom is 0.248 e. The molecule has 4 nitrogen and oxygen atoms in total. The van der Waals surface area contributed by atoms with Crippen LogP contribution >= 0.6 is 0 Å². The van der Waals surface area contributed by atoms with E-state index in [-0.39, 0.29) is 12.3 Å². The fourth-order valence-corrected chi connectivity index (χ4v) is 1.07. The summed E-state index contributed by atoms with van der Waals surface area (Å²) in [5, 5.41) is 0. The minimum Gasteiger partial charge on any atom is -0.369 e. The lowest BCUT2D eigenvalue weighted by atomic mass is 10.1. The van der Waals surface area contributed by atoms with E-state index in [1.165, 1.54) is 0 Å². The van der Waals surface area contributed by atoms with Crippen LogP contribution < -0.4 is 11.5 Å². The van der Waals surface area contributed by atoms with Crippen molar-refractivity contribution in [3.8, 4) is 0 Å². The molecule has 0 aliphatic heterocycles. The number of carbonyl (C=O) groups excluding carboxylic acids is 2. The fraction of sp³-hybridized carbons (Fsp3) is 0.0909. The van der Waals surface area contributed by atoms with Crippen LogP contribution in [0.1, 0.15) is 22.3 Å². The summed E-state index contributed by atoms with van der Waals surface area (Å²) in [6.45, 7) is 0. The van der Waals surface area contributed by atoms with Gasteiger partial charge >= 0.3 is 0 Å². The highest BCUT2D eigenvalue weighted by Gasteiger charge is 1.97. The number of primary amides is 2. The summed E-state index contributed by atoms with van der Waals surface area (Å²) >= 11 is 0. The van der Waals surface area contributed by atoms with Crippen molar-refractivity contribution in [2.24, 2.45) is 11.5 Å². The zero-order valence-corrected chi connectivity index (χ0v) is 8.14. The van der Waals surface area contributed by atoms with E-state index >= 15 is 0 Å². The molecule has 0 aliphatic rings. The molecule has 1 rings (SSSR count). The van der Waals surface area contributed by atoms with Crippen molar-refractivity contribution in [1.82, 2.24) is 0 Å². The van der Waals surface area contributed by atoms with Gasteiger partial charge in [-0.2, -0.15) is 0 Å². The van der Waals surface area contributed by atoms with Gasteiger partial charge in [0.05, 0.1) is 0 Å². The molecule has 0 saturated carbocycles. The largest absolute Gasteiger partial charge is 0.369 e. The van der Waals surface area contributed by atoms with Crippen LogP contribution in [-0.4, -0.2) is 11.8 Å². The van der Waals surface area contributed by atoms with Crippen molar-refractivity contribution in [3.63, 3.8) is 0 Å². The van der Waals surface area contributed by atoms with Gasteiger partial charge in [-0.3, -0.25) is 9.59 Å². The van der Waals surface area contributed by atoms with Crippen LogP contribution in [0, 0.1) is 0 Å². The maximum absolute atomic E-state index is 10.8. The van der Waals surface area contributed by atoms with E-state index < -0.39 is 5.91 Å². The lowest BCUT2D eigenvalue weighted by molar-refractivity contribution is -0.117. The summed E-state index contributed by atoms with van der Waals surface area (Å²) in [5.41, 5.74) is 11.4. The molecule has 78 valence electrons. The van der Waals surface area contributed by atoms with Crippen LogP contribution in [-0.2, 0) is 4.79 Å². The predicted octanol–water partition coefficient (Wildman–Crippen LogP) is 0.674. The minimum atomic E-state index is -0.456. The molecule has 0 atom stereocenters. The van der Waals surface area contributed by atoms with Gasteiger partial charge in [0, 0.05) is 12.0 Å². The Labute approximate surface area is 87.6 Å². The van der Waals surface area contributed by atoms with E-state index in [1.807, 2.05) is 0 Å². The molecule has 1 aromatic rings. The lowest BCUT2D eigenvalue weighted by Crippen LogP contribution is -2.10. The molecule has 4 N–H and O–H groups in total. The molecule has 4 heteroatoms. The van der Waals surface area contributed by atoms with Crippen molar-refractivity contribution in [2.45, 2.75) is 6.42 Å². The molecule has 0 radical (unpaired) electrons. The molecule has 2 amide bonds. The zero-order chi connectivity index (χ0) is 11.3. The molecule has 0 unspecified atom stereocenters. The van der Waals surface area contributed by atoms with Gasteiger partial charge in [-0.05, 0) is 17.7 Å². The van der Waals surface area contributed by atoms with Crippen LogP contribution in [0.5, 0.6) is 0 Å². The second kappa shape index (κ2) is 4.95. The number of amides is 2. The summed E-state index contributed by atoms with van der Waals surface area (Å²) in [5.74, 6) is -0.831. The highest BCUT2D eigenvalue weighted by atomic mass is 16.1.